The van der Waals surface area contributed by atoms with Crippen molar-refractivity contribution in [3.8, 4) is 0 Å². The van der Waals surface area contributed by atoms with Crippen LogP contribution in [0.5, 0.6) is 0 Å². The van der Waals surface area contributed by atoms with Crippen molar-refractivity contribution < 1.29 is 28.6 Å². The van der Waals surface area contributed by atoms with Crippen molar-refractivity contribution in [2.45, 2.75) is 63.6 Å². The van der Waals surface area contributed by atoms with Crippen LogP contribution in [0.3, 0.4) is 0 Å². The second-order valence-corrected chi connectivity index (χ2v) is 7.30. The Bertz CT molecular complexity index is 502. The number of ether oxygens (including phenoxy) is 3. The highest BCUT2D eigenvalue weighted by atomic mass is 16.6. The first-order valence-corrected chi connectivity index (χ1v) is 8.44. The summed E-state index contributed by atoms with van der Waals surface area (Å²) in [5.41, 5.74) is 3.19. The van der Waals surface area contributed by atoms with Gasteiger partial charge in [0, 0.05) is 20.1 Å². The molecule has 25 heavy (non-hydrogen) atoms. The van der Waals surface area contributed by atoms with E-state index in [1.165, 1.54) is 0 Å². The van der Waals surface area contributed by atoms with Crippen molar-refractivity contribution in [3.63, 3.8) is 0 Å². The van der Waals surface area contributed by atoms with E-state index in [2.05, 4.69) is 4.74 Å². The van der Waals surface area contributed by atoms with Gasteiger partial charge in [0.15, 0.2) is 0 Å². The van der Waals surface area contributed by atoms with Crippen LogP contribution < -0.4 is 5.73 Å². The third-order valence-corrected chi connectivity index (χ3v) is 4.10. The zero-order valence-electron chi connectivity index (χ0n) is 15.8. The quantitative estimate of drug-likeness (QED) is 0.525. The first kappa shape index (κ1) is 21.4. The van der Waals surface area contributed by atoms with E-state index < -0.39 is 23.1 Å². The number of hydrogen-bond acceptors (Lipinski definition) is 7. The zero-order valence-corrected chi connectivity index (χ0v) is 15.8. The van der Waals surface area contributed by atoms with Gasteiger partial charge in [-0.25, -0.2) is 9.59 Å². The van der Waals surface area contributed by atoms with Crippen LogP contribution in [0.4, 0.5) is 0 Å². The van der Waals surface area contributed by atoms with Gasteiger partial charge in [0.05, 0.1) is 19.8 Å². The second-order valence-electron chi connectivity index (χ2n) is 7.30. The lowest BCUT2D eigenvalue weighted by molar-refractivity contribution is -0.171. The molecular weight excluding hydrogens is 328 g/mol. The van der Waals surface area contributed by atoms with E-state index in [4.69, 9.17) is 15.2 Å². The number of nitrogens with two attached hydrogens (primary N) is 1. The van der Waals surface area contributed by atoms with Crippen LogP contribution in [-0.4, -0.2) is 67.3 Å². The fraction of sp³-hybridized carbons (Fsp3) is 0.824. The average Bonchev–Trinajstić information content (AvgIpc) is 2.98. The fourth-order valence-corrected chi connectivity index (χ4v) is 2.82. The zero-order chi connectivity index (χ0) is 19.3. The smallest absolute Gasteiger partial charge is 0.338 e. The molecule has 1 saturated heterocycles. The molecule has 1 aliphatic heterocycles. The lowest BCUT2D eigenvalue weighted by Crippen LogP contribution is -2.58. The Balaban J connectivity index is 2.80. The predicted molar refractivity (Wildman–Crippen MR) is 90.6 cm³/mol. The summed E-state index contributed by atoms with van der Waals surface area (Å²) in [5.74, 6) is -1.97. The molecule has 1 rings (SSSR count). The highest BCUT2D eigenvalue weighted by Crippen LogP contribution is 2.23. The number of nitrogens with zero attached hydrogens (tertiary/aromatic N) is 1. The number of carbonyl (C=O) groups excluding carboxylic acids is 3. The van der Waals surface area contributed by atoms with Gasteiger partial charge < -0.3 is 24.8 Å². The molecule has 0 aromatic heterocycles. The van der Waals surface area contributed by atoms with Crippen LogP contribution in [0, 0.1) is 0 Å². The van der Waals surface area contributed by atoms with Gasteiger partial charge in [0.1, 0.15) is 5.60 Å². The molecule has 0 bridgehead atoms. The molecule has 2 N–H and O–H groups in total. The van der Waals surface area contributed by atoms with Crippen molar-refractivity contribution in [2.75, 3.05) is 27.4 Å². The second kappa shape index (κ2) is 8.62. The van der Waals surface area contributed by atoms with Crippen molar-refractivity contribution in [1.82, 2.24) is 4.90 Å². The third-order valence-electron chi connectivity index (χ3n) is 4.10. The van der Waals surface area contributed by atoms with E-state index in [1.54, 1.807) is 32.8 Å². The van der Waals surface area contributed by atoms with Crippen molar-refractivity contribution in [1.29, 1.82) is 0 Å². The topological polar surface area (TPSA) is 108 Å². The Morgan fingerprint density at radius 1 is 1.16 bits per heavy atom. The predicted octanol–water partition coefficient (Wildman–Crippen LogP) is 0.616. The van der Waals surface area contributed by atoms with E-state index in [9.17, 15) is 14.4 Å². The molecule has 8 nitrogen and oxygen atoms in total. The van der Waals surface area contributed by atoms with Gasteiger partial charge in [-0.05, 0) is 40.0 Å². The Kier molecular flexibility index (Phi) is 7.37. The van der Waals surface area contributed by atoms with E-state index >= 15 is 0 Å². The van der Waals surface area contributed by atoms with Crippen molar-refractivity contribution >= 4 is 17.8 Å². The van der Waals surface area contributed by atoms with Crippen LogP contribution in [0.25, 0.3) is 0 Å². The minimum absolute atomic E-state index is 0.0179. The molecule has 1 heterocycles. The maximum Gasteiger partial charge on any atom is 0.338 e. The van der Waals surface area contributed by atoms with Gasteiger partial charge in [0.25, 0.3) is 0 Å². The fourth-order valence-electron chi connectivity index (χ4n) is 2.82. The summed E-state index contributed by atoms with van der Waals surface area (Å²) in [5, 5.41) is 0. The lowest BCUT2D eigenvalue weighted by Gasteiger charge is -2.30. The highest BCUT2D eigenvalue weighted by molar-refractivity contribution is 6.05. The van der Waals surface area contributed by atoms with E-state index in [-0.39, 0.29) is 24.8 Å². The van der Waals surface area contributed by atoms with Crippen molar-refractivity contribution in [2.24, 2.45) is 5.73 Å². The maximum absolute atomic E-state index is 12.5. The molecule has 8 heteroatoms. The van der Waals surface area contributed by atoms with Gasteiger partial charge in [-0.3, -0.25) is 4.79 Å². The number of rotatable bonds is 7. The maximum atomic E-state index is 12.5. The van der Waals surface area contributed by atoms with E-state index in [0.717, 1.165) is 20.0 Å². The molecule has 0 aromatic carbocycles. The van der Waals surface area contributed by atoms with E-state index in [0.29, 0.717) is 13.2 Å². The summed E-state index contributed by atoms with van der Waals surface area (Å²) < 4.78 is 15.0. The normalized spacial score (nSPS) is 20.1. The summed E-state index contributed by atoms with van der Waals surface area (Å²) in [6.07, 6.45) is 1.54. The van der Waals surface area contributed by atoms with Crippen LogP contribution in [-0.2, 0) is 28.6 Å². The molecule has 1 aliphatic rings. The highest BCUT2D eigenvalue weighted by Gasteiger charge is 2.47. The van der Waals surface area contributed by atoms with Gasteiger partial charge in [0.2, 0.25) is 11.4 Å². The summed E-state index contributed by atoms with van der Waals surface area (Å²) in [6, 6.07) is 0.0179. The number of carbonyl (C=O) groups is 3. The number of amides is 1. The van der Waals surface area contributed by atoms with Crippen LogP contribution in [0.2, 0.25) is 0 Å². The van der Waals surface area contributed by atoms with Crippen molar-refractivity contribution in [3.05, 3.63) is 0 Å². The molecule has 2 atom stereocenters. The standard InChI is InChI=1S/C17H30N2O6/c1-16(2,3)25-15(22)17(18,14(21)24-5)9-8-13(20)19-10-6-7-12(19)11-23-4/h12H,6-11,18H2,1-5H3/t12-,17?/m0/s1. The molecule has 0 radical (unpaired) electrons. The Morgan fingerprint density at radius 2 is 1.80 bits per heavy atom. The van der Waals surface area contributed by atoms with Crippen LogP contribution in [0.15, 0.2) is 0 Å². The molecule has 1 amide bonds. The van der Waals surface area contributed by atoms with Crippen LogP contribution >= 0.6 is 0 Å². The third kappa shape index (κ3) is 5.67. The number of esters is 2. The Morgan fingerprint density at radius 3 is 2.32 bits per heavy atom. The molecule has 0 saturated carbocycles. The monoisotopic (exact) mass is 358 g/mol. The van der Waals surface area contributed by atoms with Gasteiger partial charge in [-0.15, -0.1) is 0 Å². The van der Waals surface area contributed by atoms with Gasteiger partial charge in [-0.1, -0.05) is 0 Å². The summed E-state index contributed by atoms with van der Waals surface area (Å²) in [4.78, 5) is 38.7. The molecular formula is C17H30N2O6. The largest absolute Gasteiger partial charge is 0.467 e. The number of methoxy groups -OCH3 is 2. The van der Waals surface area contributed by atoms with Gasteiger partial charge in [-0.2, -0.15) is 0 Å². The molecule has 0 aromatic rings. The average molecular weight is 358 g/mol. The van der Waals surface area contributed by atoms with Crippen LogP contribution in [0.1, 0.15) is 46.5 Å². The SMILES string of the molecule is COC[C@@H]1CCCN1C(=O)CCC(N)(C(=O)OC)C(=O)OC(C)(C)C. The lowest BCUT2D eigenvalue weighted by atomic mass is 9.93. The minimum atomic E-state index is -2.01. The number of hydrogen-bond donors (Lipinski definition) is 1. The molecule has 0 spiro atoms. The first-order valence-electron chi connectivity index (χ1n) is 8.44. The Labute approximate surface area is 148 Å². The molecule has 144 valence electrons. The molecule has 1 unspecified atom stereocenters. The molecule has 0 aliphatic carbocycles. The first-order chi connectivity index (χ1) is 11.5. The number of likely N-dealkylation sites (tertiary alicyclic amines) is 1. The Hall–Kier alpha value is -1.67. The minimum Gasteiger partial charge on any atom is -0.467 e. The molecule has 1 fully saturated rings. The van der Waals surface area contributed by atoms with Gasteiger partial charge >= 0.3 is 11.9 Å². The summed E-state index contributed by atoms with van der Waals surface area (Å²) in [6.45, 7) is 6.12. The van der Waals surface area contributed by atoms with E-state index in [1.807, 2.05) is 0 Å². The summed E-state index contributed by atoms with van der Waals surface area (Å²) >= 11 is 0. The summed E-state index contributed by atoms with van der Waals surface area (Å²) in [7, 11) is 2.73.